The quantitative estimate of drug-likeness (QED) is 0.727. The first-order chi connectivity index (χ1) is 12.1. The number of thiophene rings is 1. The Morgan fingerprint density at radius 3 is 3.08 bits per heavy atom. The molecule has 0 unspecified atom stereocenters. The third kappa shape index (κ3) is 2.87. The predicted octanol–water partition coefficient (Wildman–Crippen LogP) is 2.99. The lowest BCUT2D eigenvalue weighted by molar-refractivity contribution is -0.133. The van der Waals surface area contributed by atoms with Crippen LogP contribution in [0.2, 0.25) is 0 Å². The van der Waals surface area contributed by atoms with Crippen LogP contribution in [0.15, 0.2) is 46.8 Å². The summed E-state index contributed by atoms with van der Waals surface area (Å²) in [7, 11) is 1.83. The average molecular weight is 353 g/mol. The molecular weight excluding hydrogens is 334 g/mol. The molecular formula is C19H19N3O2S. The van der Waals surface area contributed by atoms with Gasteiger partial charge in [0, 0.05) is 7.05 Å². The lowest BCUT2D eigenvalue weighted by Gasteiger charge is -2.33. The number of hydrogen-bond acceptors (Lipinski definition) is 4. The summed E-state index contributed by atoms with van der Waals surface area (Å²) in [6.45, 7) is 0.0227. The van der Waals surface area contributed by atoms with Crippen molar-refractivity contribution >= 4 is 27.5 Å². The van der Waals surface area contributed by atoms with E-state index < -0.39 is 0 Å². The van der Waals surface area contributed by atoms with Gasteiger partial charge in [0.15, 0.2) is 0 Å². The first-order valence-corrected chi connectivity index (χ1v) is 9.29. The second-order valence-electron chi connectivity index (χ2n) is 6.42. The van der Waals surface area contributed by atoms with Crippen molar-refractivity contribution in [2.45, 2.75) is 31.8 Å². The van der Waals surface area contributed by atoms with E-state index >= 15 is 0 Å². The summed E-state index contributed by atoms with van der Waals surface area (Å²) >= 11 is 1.36. The molecule has 128 valence electrons. The Kier molecular flexibility index (Phi) is 4.13. The summed E-state index contributed by atoms with van der Waals surface area (Å²) in [5.41, 5.74) is 3.08. The minimum atomic E-state index is -0.147. The molecule has 2 heterocycles. The molecule has 0 N–H and O–H groups in total. The van der Waals surface area contributed by atoms with Crippen molar-refractivity contribution in [2.24, 2.45) is 0 Å². The standard InChI is InChI=1S/C19H19N3O2S/c1-21(16-8-4-6-13-5-2-3-7-14(13)16)17(23)11-22-12-20-15-9-10-25-18(15)19(22)24/h2-3,5,7,9-10,12,16H,4,6,8,11H2,1H3/t16-/m0/s1. The number of carbonyl (C=O) groups is 1. The van der Waals surface area contributed by atoms with E-state index in [1.54, 1.807) is 4.90 Å². The Bertz CT molecular complexity index is 991. The van der Waals surface area contributed by atoms with Crippen molar-refractivity contribution in [1.29, 1.82) is 0 Å². The predicted molar refractivity (Wildman–Crippen MR) is 98.8 cm³/mol. The van der Waals surface area contributed by atoms with Crippen molar-refractivity contribution in [1.82, 2.24) is 14.5 Å². The van der Waals surface area contributed by atoms with Crippen LogP contribution in [0.3, 0.4) is 0 Å². The van der Waals surface area contributed by atoms with Gasteiger partial charge in [-0.25, -0.2) is 4.98 Å². The van der Waals surface area contributed by atoms with Crippen molar-refractivity contribution in [3.8, 4) is 0 Å². The van der Waals surface area contributed by atoms with Gasteiger partial charge < -0.3 is 4.90 Å². The van der Waals surface area contributed by atoms with E-state index in [0.29, 0.717) is 10.2 Å². The zero-order valence-corrected chi connectivity index (χ0v) is 14.8. The molecule has 1 aliphatic carbocycles. The largest absolute Gasteiger partial charge is 0.337 e. The number of likely N-dealkylation sites (N-methyl/N-ethyl adjacent to an activating group) is 1. The molecule has 0 fully saturated rings. The Hall–Kier alpha value is -2.47. The van der Waals surface area contributed by atoms with Gasteiger partial charge in [0.05, 0.1) is 17.9 Å². The zero-order valence-electron chi connectivity index (χ0n) is 14.0. The normalized spacial score (nSPS) is 16.6. The van der Waals surface area contributed by atoms with Crippen LogP contribution in [0.1, 0.15) is 30.0 Å². The fourth-order valence-electron chi connectivity index (χ4n) is 3.55. The molecule has 6 heteroatoms. The minimum absolute atomic E-state index is 0.0227. The smallest absolute Gasteiger partial charge is 0.271 e. The maximum Gasteiger partial charge on any atom is 0.271 e. The van der Waals surface area contributed by atoms with Crippen molar-refractivity contribution < 1.29 is 4.79 Å². The number of fused-ring (bicyclic) bond motifs is 2. The molecule has 0 bridgehead atoms. The number of benzene rings is 1. The Morgan fingerprint density at radius 1 is 1.36 bits per heavy atom. The summed E-state index contributed by atoms with van der Waals surface area (Å²) in [5, 5.41) is 1.84. The number of aromatic nitrogens is 2. The van der Waals surface area contributed by atoms with E-state index in [1.807, 2.05) is 30.6 Å². The third-order valence-electron chi connectivity index (χ3n) is 4.94. The molecule has 3 aromatic rings. The average Bonchev–Trinajstić information content (AvgIpc) is 3.12. The molecule has 25 heavy (non-hydrogen) atoms. The molecule has 5 nitrogen and oxygen atoms in total. The SMILES string of the molecule is CN(C(=O)Cn1cnc2ccsc2c1=O)[C@H]1CCCc2ccccc21. The van der Waals surface area contributed by atoms with Crippen molar-refractivity contribution in [2.75, 3.05) is 7.05 Å². The van der Waals surface area contributed by atoms with E-state index in [4.69, 9.17) is 0 Å². The highest BCUT2D eigenvalue weighted by Crippen LogP contribution is 2.33. The van der Waals surface area contributed by atoms with Gasteiger partial charge >= 0.3 is 0 Å². The van der Waals surface area contributed by atoms with Gasteiger partial charge in [0.1, 0.15) is 11.2 Å². The summed E-state index contributed by atoms with van der Waals surface area (Å²) in [6, 6.07) is 10.2. The van der Waals surface area contributed by atoms with Crippen LogP contribution in [0.4, 0.5) is 0 Å². The van der Waals surface area contributed by atoms with E-state index in [0.717, 1.165) is 19.3 Å². The van der Waals surface area contributed by atoms with E-state index in [2.05, 4.69) is 17.1 Å². The van der Waals surface area contributed by atoms with Crippen LogP contribution in [0.5, 0.6) is 0 Å². The van der Waals surface area contributed by atoms with Crippen molar-refractivity contribution in [3.63, 3.8) is 0 Å². The molecule has 1 aromatic carbocycles. The molecule has 1 atom stereocenters. The summed E-state index contributed by atoms with van der Waals surface area (Å²) in [4.78, 5) is 31.3. The summed E-state index contributed by atoms with van der Waals surface area (Å²) in [6.07, 6.45) is 4.56. The summed E-state index contributed by atoms with van der Waals surface area (Å²) in [5.74, 6) is -0.0680. The number of amides is 1. The highest BCUT2D eigenvalue weighted by atomic mass is 32.1. The van der Waals surface area contributed by atoms with E-state index in [-0.39, 0.29) is 24.1 Å². The lowest BCUT2D eigenvalue weighted by Crippen LogP contribution is -2.37. The number of aryl methyl sites for hydroxylation is 1. The van der Waals surface area contributed by atoms with Crippen LogP contribution < -0.4 is 5.56 Å². The Balaban J connectivity index is 1.59. The second-order valence-corrected chi connectivity index (χ2v) is 7.34. The highest BCUT2D eigenvalue weighted by Gasteiger charge is 2.26. The van der Waals surface area contributed by atoms with Crippen LogP contribution in [0.25, 0.3) is 10.2 Å². The number of rotatable bonds is 3. The second kappa shape index (κ2) is 6.44. The molecule has 0 saturated heterocycles. The van der Waals surface area contributed by atoms with Crippen molar-refractivity contribution in [3.05, 3.63) is 63.5 Å². The van der Waals surface area contributed by atoms with Crippen LogP contribution in [-0.4, -0.2) is 27.4 Å². The third-order valence-corrected chi connectivity index (χ3v) is 5.83. The van der Waals surface area contributed by atoms with Gasteiger partial charge in [-0.15, -0.1) is 11.3 Å². The molecule has 0 aliphatic heterocycles. The maximum absolute atomic E-state index is 12.8. The lowest BCUT2D eigenvalue weighted by atomic mass is 9.87. The first kappa shape index (κ1) is 16.0. The molecule has 0 saturated carbocycles. The van der Waals surface area contributed by atoms with Gasteiger partial charge in [-0.3, -0.25) is 14.2 Å². The Morgan fingerprint density at radius 2 is 2.20 bits per heavy atom. The van der Waals surface area contributed by atoms with E-state index in [9.17, 15) is 9.59 Å². The van der Waals surface area contributed by atoms with Gasteiger partial charge in [-0.05, 0) is 41.8 Å². The zero-order chi connectivity index (χ0) is 17.4. The van der Waals surface area contributed by atoms with Gasteiger partial charge in [-0.2, -0.15) is 0 Å². The number of hydrogen-bond donors (Lipinski definition) is 0. The molecule has 0 radical (unpaired) electrons. The molecule has 1 amide bonds. The minimum Gasteiger partial charge on any atom is -0.337 e. The van der Waals surface area contributed by atoms with Gasteiger partial charge in [-0.1, -0.05) is 24.3 Å². The maximum atomic E-state index is 12.8. The molecule has 2 aromatic heterocycles. The van der Waals surface area contributed by atoms with Crippen LogP contribution in [0, 0.1) is 0 Å². The Labute approximate surface area is 149 Å². The van der Waals surface area contributed by atoms with Gasteiger partial charge in [0.25, 0.3) is 5.56 Å². The fraction of sp³-hybridized carbons (Fsp3) is 0.316. The molecule has 4 rings (SSSR count). The van der Waals surface area contributed by atoms with E-state index in [1.165, 1.54) is 33.4 Å². The van der Waals surface area contributed by atoms with Crippen LogP contribution >= 0.6 is 11.3 Å². The summed E-state index contributed by atoms with van der Waals surface area (Å²) < 4.78 is 2.01. The van der Waals surface area contributed by atoms with Crippen LogP contribution in [-0.2, 0) is 17.8 Å². The first-order valence-electron chi connectivity index (χ1n) is 8.41. The van der Waals surface area contributed by atoms with Gasteiger partial charge in [0.2, 0.25) is 5.91 Å². The highest BCUT2D eigenvalue weighted by molar-refractivity contribution is 7.17. The number of nitrogens with zero attached hydrogens (tertiary/aromatic N) is 3. The molecule has 1 aliphatic rings. The molecule has 0 spiro atoms. The number of carbonyl (C=O) groups excluding carboxylic acids is 1. The fourth-order valence-corrected chi connectivity index (χ4v) is 4.35. The topological polar surface area (TPSA) is 55.2 Å². The monoisotopic (exact) mass is 353 g/mol.